The van der Waals surface area contributed by atoms with E-state index in [9.17, 15) is 4.79 Å². The third kappa shape index (κ3) is 4.25. The van der Waals surface area contributed by atoms with E-state index in [4.69, 9.17) is 4.98 Å². The van der Waals surface area contributed by atoms with Gasteiger partial charge in [0.1, 0.15) is 0 Å². The average molecular weight is 420 g/mol. The molecule has 0 unspecified atom stereocenters. The molecule has 2 fully saturated rings. The number of rotatable bonds is 4. The monoisotopic (exact) mass is 419 g/mol. The van der Waals surface area contributed by atoms with Gasteiger partial charge in [-0.2, -0.15) is 10.1 Å². The van der Waals surface area contributed by atoms with Gasteiger partial charge in [0, 0.05) is 43.6 Å². The van der Waals surface area contributed by atoms with Crippen LogP contribution in [0.15, 0.2) is 36.7 Å². The highest BCUT2D eigenvalue weighted by Gasteiger charge is 2.21. The predicted molar refractivity (Wildman–Crippen MR) is 121 cm³/mol. The van der Waals surface area contributed by atoms with E-state index in [1.807, 2.05) is 41.6 Å². The van der Waals surface area contributed by atoms with Crippen molar-refractivity contribution in [1.82, 2.24) is 29.5 Å². The predicted octanol–water partition coefficient (Wildman–Crippen LogP) is 3.46. The van der Waals surface area contributed by atoms with E-state index in [-0.39, 0.29) is 5.91 Å². The van der Waals surface area contributed by atoms with Gasteiger partial charge in [0.05, 0.1) is 17.6 Å². The topological polar surface area (TPSA) is 79.2 Å². The van der Waals surface area contributed by atoms with Crippen molar-refractivity contribution in [2.45, 2.75) is 38.1 Å². The van der Waals surface area contributed by atoms with Crippen LogP contribution in [-0.2, 0) is 0 Å². The molecule has 3 aromatic rings. The van der Waals surface area contributed by atoms with Gasteiger partial charge in [-0.15, -0.1) is 0 Å². The summed E-state index contributed by atoms with van der Waals surface area (Å²) in [6.45, 7) is 3.39. The van der Waals surface area contributed by atoms with Crippen LogP contribution in [0, 0.1) is 0 Å². The molecule has 5 rings (SSSR count). The number of hydrogen-bond donors (Lipinski definition) is 1. The van der Waals surface area contributed by atoms with Crippen LogP contribution >= 0.6 is 0 Å². The second kappa shape index (κ2) is 8.63. The van der Waals surface area contributed by atoms with E-state index in [0.29, 0.717) is 17.6 Å². The highest BCUT2D eigenvalue weighted by molar-refractivity contribution is 5.94. The molecule has 2 aliphatic rings. The molecule has 1 N–H and O–H groups in total. The Morgan fingerprint density at radius 1 is 1.00 bits per heavy atom. The van der Waals surface area contributed by atoms with E-state index >= 15 is 0 Å². The number of piperazine rings is 1. The summed E-state index contributed by atoms with van der Waals surface area (Å²) in [5.74, 6) is 0.636. The van der Waals surface area contributed by atoms with Crippen molar-refractivity contribution in [3.05, 3.63) is 42.2 Å². The van der Waals surface area contributed by atoms with Gasteiger partial charge in [0.25, 0.3) is 5.91 Å². The minimum Gasteiger partial charge on any atom is -0.336 e. The van der Waals surface area contributed by atoms with Gasteiger partial charge in [0.15, 0.2) is 5.65 Å². The van der Waals surface area contributed by atoms with Crippen molar-refractivity contribution in [3.63, 3.8) is 0 Å². The molecule has 31 heavy (non-hydrogen) atoms. The summed E-state index contributed by atoms with van der Waals surface area (Å²) in [5, 5.41) is 8.82. The van der Waals surface area contributed by atoms with Crippen LogP contribution in [0.2, 0.25) is 0 Å². The molecular formula is C23H29N7O. The Labute approximate surface area is 182 Å². The SMILES string of the molecule is CN1CCN(C(=O)c2ccc(Nc3ncc4cnn(C5CCCCC5)c4n3)cc2)CC1. The van der Waals surface area contributed by atoms with Crippen molar-refractivity contribution in [2.75, 3.05) is 38.5 Å². The first-order valence-corrected chi connectivity index (χ1v) is 11.2. The Hall–Kier alpha value is -3.00. The van der Waals surface area contributed by atoms with Gasteiger partial charge in [-0.1, -0.05) is 19.3 Å². The maximum absolute atomic E-state index is 12.7. The maximum Gasteiger partial charge on any atom is 0.253 e. The molecule has 1 saturated carbocycles. The van der Waals surface area contributed by atoms with Crippen molar-refractivity contribution < 1.29 is 4.79 Å². The smallest absolute Gasteiger partial charge is 0.253 e. The molecule has 1 aliphatic heterocycles. The molecular weight excluding hydrogens is 390 g/mol. The van der Waals surface area contributed by atoms with Crippen LogP contribution in [0.25, 0.3) is 11.0 Å². The number of fused-ring (bicyclic) bond motifs is 1. The fourth-order valence-electron chi connectivity index (χ4n) is 4.51. The first-order chi connectivity index (χ1) is 15.2. The van der Waals surface area contributed by atoms with Crippen molar-refractivity contribution in [1.29, 1.82) is 0 Å². The van der Waals surface area contributed by atoms with Gasteiger partial charge < -0.3 is 15.1 Å². The van der Waals surface area contributed by atoms with Crippen LogP contribution in [0.3, 0.4) is 0 Å². The number of amides is 1. The zero-order valence-electron chi connectivity index (χ0n) is 18.0. The van der Waals surface area contributed by atoms with Crippen LogP contribution in [-0.4, -0.2) is 68.7 Å². The van der Waals surface area contributed by atoms with E-state index in [2.05, 4.69) is 32.0 Å². The third-order valence-electron chi connectivity index (χ3n) is 6.43. The number of likely N-dealkylation sites (N-methyl/N-ethyl adjacent to an activating group) is 1. The van der Waals surface area contributed by atoms with Gasteiger partial charge in [-0.3, -0.25) is 4.79 Å². The fraction of sp³-hybridized carbons (Fsp3) is 0.478. The lowest BCUT2D eigenvalue weighted by Crippen LogP contribution is -2.47. The Morgan fingerprint density at radius 2 is 1.74 bits per heavy atom. The molecule has 0 atom stereocenters. The lowest BCUT2D eigenvalue weighted by atomic mass is 9.96. The van der Waals surface area contributed by atoms with Crippen LogP contribution in [0.1, 0.15) is 48.5 Å². The molecule has 1 aliphatic carbocycles. The molecule has 0 radical (unpaired) electrons. The second-order valence-corrected chi connectivity index (χ2v) is 8.65. The lowest BCUT2D eigenvalue weighted by Gasteiger charge is -2.32. The standard InChI is InChI=1S/C23H29N7O/c1-28-11-13-29(14-12-28)22(31)17-7-9-19(10-8-17)26-23-24-15-18-16-25-30(21(18)27-23)20-5-3-2-4-6-20/h7-10,15-16,20H,2-6,11-14H2,1H3,(H,24,26,27). The Bertz CT molecular complexity index is 1050. The van der Waals surface area contributed by atoms with E-state index in [1.165, 1.54) is 19.3 Å². The van der Waals surface area contributed by atoms with E-state index in [0.717, 1.165) is 55.7 Å². The normalized spacial score (nSPS) is 18.4. The Balaban J connectivity index is 1.30. The number of nitrogens with one attached hydrogen (secondary N) is 1. The fourth-order valence-corrected chi connectivity index (χ4v) is 4.51. The molecule has 2 aromatic heterocycles. The van der Waals surface area contributed by atoms with Crippen LogP contribution in [0.4, 0.5) is 11.6 Å². The van der Waals surface area contributed by atoms with Crippen molar-refractivity contribution in [2.24, 2.45) is 0 Å². The summed E-state index contributed by atoms with van der Waals surface area (Å²) in [6, 6.07) is 7.99. The summed E-state index contributed by atoms with van der Waals surface area (Å²) >= 11 is 0. The number of hydrogen-bond acceptors (Lipinski definition) is 6. The quantitative estimate of drug-likeness (QED) is 0.698. The number of carbonyl (C=O) groups excluding carboxylic acids is 1. The third-order valence-corrected chi connectivity index (χ3v) is 6.43. The van der Waals surface area contributed by atoms with Crippen LogP contribution in [0.5, 0.6) is 0 Å². The Morgan fingerprint density at radius 3 is 2.48 bits per heavy atom. The molecule has 1 saturated heterocycles. The number of aromatic nitrogens is 4. The van der Waals surface area contributed by atoms with Gasteiger partial charge in [0.2, 0.25) is 5.95 Å². The zero-order valence-corrected chi connectivity index (χ0v) is 18.0. The minimum atomic E-state index is 0.0914. The lowest BCUT2D eigenvalue weighted by molar-refractivity contribution is 0.0664. The Kier molecular flexibility index (Phi) is 5.55. The molecule has 3 heterocycles. The molecule has 8 nitrogen and oxygen atoms in total. The molecule has 8 heteroatoms. The van der Waals surface area contributed by atoms with Crippen molar-refractivity contribution in [3.8, 4) is 0 Å². The number of anilines is 2. The van der Waals surface area contributed by atoms with Crippen LogP contribution < -0.4 is 5.32 Å². The first kappa shape index (κ1) is 19.9. The van der Waals surface area contributed by atoms with Gasteiger partial charge in [-0.05, 0) is 44.2 Å². The second-order valence-electron chi connectivity index (χ2n) is 8.65. The minimum absolute atomic E-state index is 0.0914. The molecule has 0 spiro atoms. The molecule has 162 valence electrons. The maximum atomic E-state index is 12.7. The number of carbonyl (C=O) groups is 1. The van der Waals surface area contributed by atoms with Gasteiger partial charge >= 0.3 is 0 Å². The summed E-state index contributed by atoms with van der Waals surface area (Å²) < 4.78 is 2.07. The number of nitrogens with zero attached hydrogens (tertiary/aromatic N) is 6. The molecule has 1 aromatic carbocycles. The van der Waals surface area contributed by atoms with Crippen molar-refractivity contribution >= 4 is 28.6 Å². The summed E-state index contributed by atoms with van der Waals surface area (Å²) in [6.07, 6.45) is 9.81. The first-order valence-electron chi connectivity index (χ1n) is 11.2. The summed E-state index contributed by atoms with van der Waals surface area (Å²) in [7, 11) is 2.09. The largest absolute Gasteiger partial charge is 0.336 e. The van der Waals surface area contributed by atoms with Gasteiger partial charge in [-0.25, -0.2) is 9.67 Å². The van der Waals surface area contributed by atoms with E-state index in [1.54, 1.807) is 0 Å². The highest BCUT2D eigenvalue weighted by atomic mass is 16.2. The number of benzene rings is 1. The summed E-state index contributed by atoms with van der Waals surface area (Å²) in [5.41, 5.74) is 2.45. The zero-order chi connectivity index (χ0) is 21.2. The van der Waals surface area contributed by atoms with E-state index < -0.39 is 0 Å². The molecule has 1 amide bonds. The molecule has 0 bridgehead atoms. The highest BCUT2D eigenvalue weighted by Crippen LogP contribution is 2.30. The average Bonchev–Trinajstić information content (AvgIpc) is 3.23. The summed E-state index contributed by atoms with van der Waals surface area (Å²) in [4.78, 5) is 26.1.